The third-order valence-electron chi connectivity index (χ3n) is 3.21. The Labute approximate surface area is 137 Å². The van der Waals surface area contributed by atoms with Crippen molar-refractivity contribution in [1.29, 1.82) is 0 Å². The van der Waals surface area contributed by atoms with Crippen molar-refractivity contribution in [3.8, 4) is 12.3 Å². The maximum Gasteiger partial charge on any atom is 0.191 e. The largest absolute Gasteiger partial charge is 0.356 e. The molecule has 0 radical (unpaired) electrons. The van der Waals surface area contributed by atoms with Gasteiger partial charge in [0.15, 0.2) is 5.96 Å². The molecule has 1 aromatic heterocycles. The van der Waals surface area contributed by atoms with E-state index in [2.05, 4.69) is 37.3 Å². The van der Waals surface area contributed by atoms with Crippen molar-refractivity contribution in [2.75, 3.05) is 20.1 Å². The van der Waals surface area contributed by atoms with Crippen LogP contribution < -0.4 is 10.6 Å². The minimum atomic E-state index is 0. The number of rotatable bonds is 4. The summed E-state index contributed by atoms with van der Waals surface area (Å²) in [5, 5.41) is 6.26. The second-order valence-corrected chi connectivity index (χ2v) is 4.61. The summed E-state index contributed by atoms with van der Waals surface area (Å²) in [4.78, 5) is 8.76. The number of aryl methyl sites for hydroxylation is 2. The van der Waals surface area contributed by atoms with Crippen molar-refractivity contribution < 1.29 is 0 Å². The highest BCUT2D eigenvalue weighted by Gasteiger charge is 2.11. The first-order valence-electron chi connectivity index (χ1n) is 6.76. The number of nitrogens with zero attached hydrogens (tertiary/aromatic N) is 3. The Morgan fingerprint density at radius 3 is 3.05 bits per heavy atom. The highest BCUT2D eigenvalue weighted by atomic mass is 127. The van der Waals surface area contributed by atoms with Crippen LogP contribution in [0, 0.1) is 12.3 Å². The number of imidazole rings is 1. The average molecular weight is 387 g/mol. The van der Waals surface area contributed by atoms with E-state index in [1.807, 2.05) is 0 Å². The summed E-state index contributed by atoms with van der Waals surface area (Å²) in [6, 6.07) is 0. The molecule has 1 aromatic rings. The van der Waals surface area contributed by atoms with Gasteiger partial charge in [0.25, 0.3) is 0 Å². The number of fused-ring (bicyclic) bond motifs is 1. The topological polar surface area (TPSA) is 54.2 Å². The van der Waals surface area contributed by atoms with Crippen molar-refractivity contribution in [3.63, 3.8) is 0 Å². The average Bonchev–Trinajstić information content (AvgIpc) is 2.85. The lowest BCUT2D eigenvalue weighted by Crippen LogP contribution is -2.38. The van der Waals surface area contributed by atoms with Crippen LogP contribution >= 0.6 is 24.0 Å². The quantitative estimate of drug-likeness (QED) is 0.353. The molecule has 0 spiro atoms. The van der Waals surface area contributed by atoms with Crippen molar-refractivity contribution in [2.45, 2.75) is 32.2 Å². The first-order chi connectivity index (χ1) is 9.33. The number of aromatic nitrogens is 2. The molecule has 0 atom stereocenters. The molecule has 2 heterocycles. The van der Waals surface area contributed by atoms with Crippen molar-refractivity contribution in [3.05, 3.63) is 17.7 Å². The summed E-state index contributed by atoms with van der Waals surface area (Å²) >= 11 is 0. The number of aliphatic imine (C=N–C) groups is 1. The Balaban J connectivity index is 0.00000200. The molecular formula is C14H22IN5. The molecule has 1 aliphatic heterocycles. The summed E-state index contributed by atoms with van der Waals surface area (Å²) in [5.74, 6) is 4.50. The molecule has 6 heteroatoms. The van der Waals surface area contributed by atoms with E-state index in [4.69, 9.17) is 6.42 Å². The first kappa shape index (κ1) is 16.8. The van der Waals surface area contributed by atoms with Gasteiger partial charge in [0.2, 0.25) is 0 Å². The number of nitrogens with one attached hydrogen (secondary N) is 2. The fraction of sp³-hybridized carbons (Fsp3) is 0.571. The first-order valence-corrected chi connectivity index (χ1v) is 6.76. The van der Waals surface area contributed by atoms with E-state index < -0.39 is 0 Å². The minimum absolute atomic E-state index is 0. The number of terminal acetylenes is 1. The van der Waals surface area contributed by atoms with E-state index >= 15 is 0 Å². The molecule has 20 heavy (non-hydrogen) atoms. The molecule has 2 N–H and O–H groups in total. The summed E-state index contributed by atoms with van der Waals surface area (Å²) < 4.78 is 2.28. The van der Waals surface area contributed by atoms with E-state index in [1.165, 1.54) is 18.7 Å². The Bertz CT molecular complexity index is 463. The second kappa shape index (κ2) is 8.84. The fourth-order valence-corrected chi connectivity index (χ4v) is 2.26. The summed E-state index contributed by atoms with van der Waals surface area (Å²) in [5.41, 5.74) is 1.15. The lowest BCUT2D eigenvalue weighted by atomic mass is 10.2. The number of halogens is 1. The molecule has 0 bridgehead atoms. The van der Waals surface area contributed by atoms with E-state index in [1.54, 1.807) is 7.05 Å². The number of hydrogen-bond donors (Lipinski definition) is 2. The van der Waals surface area contributed by atoms with E-state index in [9.17, 15) is 0 Å². The highest BCUT2D eigenvalue weighted by molar-refractivity contribution is 14.0. The van der Waals surface area contributed by atoms with Crippen molar-refractivity contribution in [1.82, 2.24) is 20.2 Å². The van der Waals surface area contributed by atoms with Crippen LogP contribution in [0.2, 0.25) is 0 Å². The van der Waals surface area contributed by atoms with Crippen LogP contribution in [0.4, 0.5) is 0 Å². The van der Waals surface area contributed by atoms with E-state index in [0.717, 1.165) is 37.6 Å². The summed E-state index contributed by atoms with van der Waals surface area (Å²) in [7, 11) is 1.74. The number of guanidine groups is 1. The van der Waals surface area contributed by atoms with E-state index in [0.29, 0.717) is 6.54 Å². The standard InChI is InChI=1S/C14H21N5.HI/c1-3-8-16-14(15-2)17-9-7-12-11-19-10-5-4-6-13(19)18-12;/h1,11H,4-10H2,2H3,(H2,15,16,17);1H. The van der Waals surface area contributed by atoms with Gasteiger partial charge in [-0.15, -0.1) is 30.4 Å². The maximum absolute atomic E-state index is 5.20. The molecule has 1 aliphatic rings. The normalized spacial score (nSPS) is 13.9. The van der Waals surface area contributed by atoms with Gasteiger partial charge in [0, 0.05) is 39.2 Å². The molecule has 0 aliphatic carbocycles. The SMILES string of the molecule is C#CCNC(=NC)NCCc1cn2c(n1)CCCC2.I. The molecule has 0 saturated heterocycles. The van der Waals surface area contributed by atoms with Gasteiger partial charge in [-0.05, 0) is 12.8 Å². The molecular weight excluding hydrogens is 365 g/mol. The zero-order valence-electron chi connectivity index (χ0n) is 11.9. The predicted octanol–water partition coefficient (Wildman–Crippen LogP) is 1.18. The van der Waals surface area contributed by atoms with Gasteiger partial charge < -0.3 is 15.2 Å². The summed E-state index contributed by atoms with van der Waals surface area (Å²) in [6.07, 6.45) is 11.9. The molecule has 110 valence electrons. The third-order valence-corrected chi connectivity index (χ3v) is 3.21. The van der Waals surface area contributed by atoms with E-state index in [-0.39, 0.29) is 24.0 Å². The lowest BCUT2D eigenvalue weighted by molar-refractivity contribution is 0.522. The zero-order valence-corrected chi connectivity index (χ0v) is 14.2. The van der Waals surface area contributed by atoms with Gasteiger partial charge in [-0.1, -0.05) is 5.92 Å². The third kappa shape index (κ3) is 4.71. The van der Waals surface area contributed by atoms with Crippen LogP contribution in [0.5, 0.6) is 0 Å². The predicted molar refractivity (Wildman–Crippen MR) is 92.5 cm³/mol. The van der Waals surface area contributed by atoms with Crippen LogP contribution in [0.3, 0.4) is 0 Å². The van der Waals surface area contributed by atoms with Gasteiger partial charge in [-0.3, -0.25) is 4.99 Å². The Morgan fingerprint density at radius 2 is 2.35 bits per heavy atom. The van der Waals surface area contributed by atoms with Crippen LogP contribution in [-0.2, 0) is 19.4 Å². The fourth-order valence-electron chi connectivity index (χ4n) is 2.26. The van der Waals surface area contributed by atoms with Crippen LogP contribution in [0.1, 0.15) is 24.4 Å². The van der Waals surface area contributed by atoms with Crippen molar-refractivity contribution >= 4 is 29.9 Å². The molecule has 0 unspecified atom stereocenters. The Hall–Kier alpha value is -1.23. The van der Waals surface area contributed by atoms with Crippen LogP contribution in [-0.4, -0.2) is 35.6 Å². The Kier molecular flexibility index (Phi) is 7.44. The zero-order chi connectivity index (χ0) is 13.5. The van der Waals surface area contributed by atoms with Gasteiger partial charge in [0.1, 0.15) is 5.82 Å². The van der Waals surface area contributed by atoms with Gasteiger partial charge >= 0.3 is 0 Å². The van der Waals surface area contributed by atoms with Crippen molar-refractivity contribution in [2.24, 2.45) is 4.99 Å². The monoisotopic (exact) mass is 387 g/mol. The molecule has 0 saturated carbocycles. The van der Waals surface area contributed by atoms with Crippen LogP contribution in [0.15, 0.2) is 11.2 Å². The van der Waals surface area contributed by atoms with Gasteiger partial charge in [-0.25, -0.2) is 4.98 Å². The molecule has 0 aromatic carbocycles. The second-order valence-electron chi connectivity index (χ2n) is 4.61. The lowest BCUT2D eigenvalue weighted by Gasteiger charge is -2.11. The van der Waals surface area contributed by atoms with Crippen LogP contribution in [0.25, 0.3) is 0 Å². The molecule has 5 nitrogen and oxygen atoms in total. The summed E-state index contributed by atoms with van der Waals surface area (Å²) in [6.45, 7) is 2.40. The molecule has 2 rings (SSSR count). The highest BCUT2D eigenvalue weighted by Crippen LogP contribution is 2.14. The van der Waals surface area contributed by atoms with Gasteiger partial charge in [0.05, 0.1) is 12.2 Å². The Morgan fingerprint density at radius 1 is 1.50 bits per heavy atom. The minimum Gasteiger partial charge on any atom is -0.356 e. The maximum atomic E-state index is 5.20. The van der Waals surface area contributed by atoms with Gasteiger partial charge in [-0.2, -0.15) is 0 Å². The molecule has 0 amide bonds. The molecule has 0 fully saturated rings. The smallest absolute Gasteiger partial charge is 0.191 e. The number of hydrogen-bond acceptors (Lipinski definition) is 2.